The van der Waals surface area contributed by atoms with Crippen LogP contribution in [0.3, 0.4) is 0 Å². The summed E-state index contributed by atoms with van der Waals surface area (Å²) in [5.74, 6) is -2.10. The summed E-state index contributed by atoms with van der Waals surface area (Å²) >= 11 is 10.9. The van der Waals surface area contributed by atoms with Gasteiger partial charge in [-0.3, -0.25) is 4.79 Å². The minimum Gasteiger partial charge on any atom is -0.398 e. The highest BCUT2D eigenvalue weighted by Gasteiger charge is 2.41. The molecule has 0 aromatic heterocycles. The Morgan fingerprint density at radius 3 is 2.27 bits per heavy atom. The van der Waals surface area contributed by atoms with Gasteiger partial charge in [0.15, 0.2) is 0 Å². The lowest BCUT2D eigenvalue weighted by Crippen LogP contribution is -2.24. The summed E-state index contributed by atoms with van der Waals surface area (Å²) in [6, 6.07) is 2.31. The normalized spacial score (nSPS) is 11.5. The number of halogens is 5. The molecule has 0 saturated carbocycles. The highest BCUT2D eigenvalue weighted by molar-refractivity contribution is 6.44. The summed E-state index contributed by atoms with van der Waals surface area (Å²) in [6.45, 7) is 0. The van der Waals surface area contributed by atoms with E-state index in [9.17, 15) is 18.0 Å². The highest BCUT2D eigenvalue weighted by Crippen LogP contribution is 2.34. The van der Waals surface area contributed by atoms with Crippen molar-refractivity contribution in [1.29, 1.82) is 0 Å². The number of anilines is 1. The molecule has 1 aromatic rings. The molecule has 0 radical (unpaired) electrons. The lowest BCUT2D eigenvalue weighted by molar-refractivity contribution is -0.0884. The Morgan fingerprint density at radius 2 is 1.80 bits per heavy atom. The quantitative estimate of drug-likeness (QED) is 0.620. The first-order valence-electron chi connectivity index (χ1n) is 3.60. The summed E-state index contributed by atoms with van der Waals surface area (Å²) in [7, 11) is 0. The third-order valence-corrected chi connectivity index (χ3v) is 2.42. The number of nitrogens with two attached hydrogens (primary N) is 1. The van der Waals surface area contributed by atoms with Gasteiger partial charge in [-0.1, -0.05) is 23.2 Å². The predicted molar refractivity (Wildman–Crippen MR) is 51.3 cm³/mol. The van der Waals surface area contributed by atoms with Crippen LogP contribution in [-0.2, 0) is 0 Å². The van der Waals surface area contributed by atoms with Crippen LogP contribution in [0, 0.1) is 0 Å². The van der Waals surface area contributed by atoms with Gasteiger partial charge in [-0.15, -0.1) is 0 Å². The molecule has 0 spiro atoms. The third kappa shape index (κ3) is 2.35. The van der Waals surface area contributed by atoms with E-state index in [1.807, 2.05) is 0 Å². The highest BCUT2D eigenvalue weighted by atomic mass is 35.5. The van der Waals surface area contributed by atoms with E-state index in [1.54, 1.807) is 0 Å². The molecule has 2 N–H and O–H groups in total. The molecule has 0 amide bonds. The van der Waals surface area contributed by atoms with E-state index >= 15 is 0 Å². The summed E-state index contributed by atoms with van der Waals surface area (Å²) in [6.07, 6.45) is -5.03. The molecule has 0 aliphatic rings. The van der Waals surface area contributed by atoms with Crippen molar-refractivity contribution in [2.75, 3.05) is 5.73 Å². The maximum Gasteiger partial charge on any atom is 0.455 e. The van der Waals surface area contributed by atoms with Crippen LogP contribution in [0.15, 0.2) is 12.1 Å². The second kappa shape index (κ2) is 3.90. The fourth-order valence-corrected chi connectivity index (χ4v) is 1.35. The zero-order chi connectivity index (χ0) is 11.8. The second-order valence-electron chi connectivity index (χ2n) is 2.65. The number of carbonyl (C=O) groups excluding carboxylic acids is 1. The molecule has 82 valence electrons. The fraction of sp³-hybridized carbons (Fsp3) is 0.125. The Kier molecular flexibility index (Phi) is 3.16. The Labute approximate surface area is 92.8 Å². The molecular weight excluding hydrogens is 254 g/mol. The van der Waals surface area contributed by atoms with Crippen LogP contribution in [0.25, 0.3) is 0 Å². The number of Topliss-reactive ketones (excluding diaryl/α,β-unsaturated/α-hetero) is 1. The molecule has 0 atom stereocenters. The van der Waals surface area contributed by atoms with E-state index < -0.39 is 22.5 Å². The number of hydrogen-bond donors (Lipinski definition) is 1. The summed E-state index contributed by atoms with van der Waals surface area (Å²) in [5, 5.41) is -0.641. The number of benzene rings is 1. The average Bonchev–Trinajstić information content (AvgIpc) is 2.10. The zero-order valence-corrected chi connectivity index (χ0v) is 8.54. The maximum atomic E-state index is 12.1. The lowest BCUT2D eigenvalue weighted by atomic mass is 10.1. The van der Waals surface area contributed by atoms with Crippen molar-refractivity contribution >= 4 is 34.7 Å². The van der Waals surface area contributed by atoms with Crippen molar-refractivity contribution in [1.82, 2.24) is 0 Å². The van der Waals surface area contributed by atoms with Gasteiger partial charge in [-0.2, -0.15) is 13.2 Å². The average molecular weight is 258 g/mol. The Morgan fingerprint density at radius 1 is 1.27 bits per heavy atom. The first-order chi connectivity index (χ1) is 6.75. The van der Waals surface area contributed by atoms with Crippen molar-refractivity contribution < 1.29 is 18.0 Å². The Balaban J connectivity index is 3.38. The van der Waals surface area contributed by atoms with Crippen molar-refractivity contribution in [2.45, 2.75) is 6.18 Å². The smallest absolute Gasteiger partial charge is 0.398 e. The van der Waals surface area contributed by atoms with Crippen molar-refractivity contribution in [2.24, 2.45) is 0 Å². The number of ketones is 1. The van der Waals surface area contributed by atoms with Crippen LogP contribution in [0.5, 0.6) is 0 Å². The van der Waals surface area contributed by atoms with E-state index in [-0.39, 0.29) is 10.7 Å². The van der Waals surface area contributed by atoms with Gasteiger partial charge in [-0.25, -0.2) is 0 Å². The van der Waals surface area contributed by atoms with Gasteiger partial charge in [0.2, 0.25) is 0 Å². The van der Waals surface area contributed by atoms with E-state index in [1.165, 1.54) is 6.07 Å². The summed E-state index contributed by atoms with van der Waals surface area (Å²) in [4.78, 5) is 10.9. The predicted octanol–water partition coefficient (Wildman–Crippen LogP) is 3.32. The van der Waals surface area contributed by atoms with Crippen LogP contribution >= 0.6 is 23.2 Å². The molecule has 2 nitrogen and oxygen atoms in total. The molecule has 0 fully saturated rings. The van der Waals surface area contributed by atoms with Crippen LogP contribution in [0.1, 0.15) is 10.4 Å². The minimum atomic E-state index is -5.03. The zero-order valence-electron chi connectivity index (χ0n) is 7.03. The second-order valence-corrected chi connectivity index (χ2v) is 3.44. The van der Waals surface area contributed by atoms with Crippen molar-refractivity contribution in [3.8, 4) is 0 Å². The fourth-order valence-electron chi connectivity index (χ4n) is 0.938. The Bertz CT molecular complexity index is 417. The first-order valence-corrected chi connectivity index (χ1v) is 4.35. The summed E-state index contributed by atoms with van der Waals surface area (Å²) < 4.78 is 36.4. The van der Waals surface area contributed by atoms with Gasteiger partial charge in [0.1, 0.15) is 0 Å². The van der Waals surface area contributed by atoms with Crippen molar-refractivity contribution in [3.63, 3.8) is 0 Å². The largest absolute Gasteiger partial charge is 0.455 e. The number of carbonyl (C=O) groups is 1. The van der Waals surface area contributed by atoms with Crippen LogP contribution in [0.4, 0.5) is 18.9 Å². The SMILES string of the molecule is Nc1ccc(Cl)c(Cl)c1C(=O)C(F)(F)F. The monoisotopic (exact) mass is 257 g/mol. The molecule has 0 bridgehead atoms. The van der Waals surface area contributed by atoms with E-state index in [0.29, 0.717) is 0 Å². The van der Waals surface area contributed by atoms with E-state index in [0.717, 1.165) is 6.07 Å². The molecule has 0 heterocycles. The number of hydrogen-bond acceptors (Lipinski definition) is 2. The molecule has 0 saturated heterocycles. The molecule has 0 aliphatic heterocycles. The van der Waals surface area contributed by atoms with Crippen LogP contribution in [0.2, 0.25) is 10.0 Å². The molecule has 7 heteroatoms. The van der Waals surface area contributed by atoms with Gasteiger partial charge in [0.05, 0.1) is 15.6 Å². The van der Waals surface area contributed by atoms with Gasteiger partial charge in [0.25, 0.3) is 5.78 Å². The molecule has 15 heavy (non-hydrogen) atoms. The Hall–Kier alpha value is -0.940. The van der Waals surface area contributed by atoms with E-state index in [4.69, 9.17) is 28.9 Å². The van der Waals surface area contributed by atoms with Crippen LogP contribution < -0.4 is 5.73 Å². The number of rotatable bonds is 1. The maximum absolute atomic E-state index is 12.1. The standard InChI is InChI=1S/C8H4Cl2F3NO/c9-3-1-2-4(14)5(6(3)10)7(15)8(11,12)13/h1-2H,14H2. The molecule has 0 aliphatic carbocycles. The van der Waals surface area contributed by atoms with Gasteiger partial charge < -0.3 is 5.73 Å². The minimum absolute atomic E-state index is 0.154. The lowest BCUT2D eigenvalue weighted by Gasteiger charge is -2.10. The molecule has 1 rings (SSSR count). The molecular formula is C8H4Cl2F3NO. The van der Waals surface area contributed by atoms with Gasteiger partial charge >= 0.3 is 6.18 Å². The first kappa shape index (κ1) is 12.1. The van der Waals surface area contributed by atoms with Gasteiger partial charge in [-0.05, 0) is 12.1 Å². The number of nitrogen functional groups attached to an aromatic ring is 1. The molecule has 1 aromatic carbocycles. The topological polar surface area (TPSA) is 43.1 Å². The summed E-state index contributed by atoms with van der Waals surface area (Å²) in [5.41, 5.74) is 4.06. The number of alkyl halides is 3. The van der Waals surface area contributed by atoms with Crippen LogP contribution in [-0.4, -0.2) is 12.0 Å². The molecule has 0 unspecified atom stereocenters. The third-order valence-electron chi connectivity index (χ3n) is 1.61. The van der Waals surface area contributed by atoms with Crippen molar-refractivity contribution in [3.05, 3.63) is 27.7 Å². The van der Waals surface area contributed by atoms with E-state index in [2.05, 4.69) is 0 Å². The van der Waals surface area contributed by atoms with Gasteiger partial charge in [0, 0.05) is 5.69 Å².